The highest BCUT2D eigenvalue weighted by atomic mass is 16.5. The van der Waals surface area contributed by atoms with Crippen LogP contribution in [0.2, 0.25) is 0 Å². The molecule has 1 aromatic heterocycles. The summed E-state index contributed by atoms with van der Waals surface area (Å²) in [5, 5.41) is 2.77. The normalized spacial score (nSPS) is 13.8. The van der Waals surface area contributed by atoms with Crippen molar-refractivity contribution in [2.24, 2.45) is 0 Å². The van der Waals surface area contributed by atoms with Crippen LogP contribution < -0.4 is 14.8 Å². The fourth-order valence-electron chi connectivity index (χ4n) is 3.80. The molecule has 0 atom stereocenters. The van der Waals surface area contributed by atoms with E-state index in [1.54, 1.807) is 6.92 Å². The number of amides is 1. The summed E-state index contributed by atoms with van der Waals surface area (Å²) in [5.41, 5.74) is 2.19. The molecule has 0 radical (unpaired) electrons. The molecule has 0 spiro atoms. The van der Waals surface area contributed by atoms with Crippen LogP contribution in [0.25, 0.3) is 0 Å². The van der Waals surface area contributed by atoms with Gasteiger partial charge in [0.2, 0.25) is 5.91 Å². The fourth-order valence-corrected chi connectivity index (χ4v) is 3.80. The highest BCUT2D eigenvalue weighted by Crippen LogP contribution is 2.41. The number of aromatic nitrogens is 1. The lowest BCUT2D eigenvalue weighted by molar-refractivity contribution is -0.120. The molecule has 0 bridgehead atoms. The van der Waals surface area contributed by atoms with Crippen molar-refractivity contribution in [3.63, 3.8) is 0 Å². The first kappa shape index (κ1) is 22.4. The van der Waals surface area contributed by atoms with E-state index < -0.39 is 5.97 Å². The Labute approximate surface area is 181 Å². The molecule has 1 aliphatic heterocycles. The molecule has 0 aliphatic carbocycles. The number of methoxy groups -OCH3 is 1. The molecule has 2 N–H and O–H groups in total. The minimum Gasteiger partial charge on any atom is -0.488 e. The predicted molar refractivity (Wildman–Crippen MR) is 114 cm³/mol. The van der Waals surface area contributed by atoms with Gasteiger partial charge >= 0.3 is 5.97 Å². The molecular weight excluding hydrogens is 400 g/mol. The molecule has 0 unspecified atom stereocenters. The Bertz CT molecular complexity index is 1020. The first-order valence-electron chi connectivity index (χ1n) is 10.1. The maximum absolute atomic E-state index is 12.4. The molecular formula is C23H28N2O6. The lowest BCUT2D eigenvalue weighted by Gasteiger charge is -2.18. The molecule has 3 rings (SSSR count). The third-order valence-corrected chi connectivity index (χ3v) is 5.14. The smallest absolute Gasteiger partial charge is 0.339 e. The summed E-state index contributed by atoms with van der Waals surface area (Å²) >= 11 is 0. The number of aromatic amines is 1. The minimum atomic E-state index is -0.590. The van der Waals surface area contributed by atoms with Gasteiger partial charge in [0, 0.05) is 24.6 Å². The summed E-state index contributed by atoms with van der Waals surface area (Å²) in [6.07, 6.45) is 0.729. The number of nitrogens with one attached hydrogen (secondary N) is 2. The molecule has 1 aromatic carbocycles. The summed E-state index contributed by atoms with van der Waals surface area (Å²) in [7, 11) is 1.26. The van der Waals surface area contributed by atoms with Gasteiger partial charge in [-0.05, 0) is 32.4 Å². The molecule has 0 saturated carbocycles. The van der Waals surface area contributed by atoms with Crippen molar-refractivity contribution in [2.75, 3.05) is 20.3 Å². The SMILES string of the molecule is COC(=O)c1c(CC(=O)NCCOc2cccc3c2OC(C)(C)C3)[nH]c(C(C)=O)c1C. The molecule has 1 amide bonds. The average molecular weight is 428 g/mol. The summed E-state index contributed by atoms with van der Waals surface area (Å²) in [4.78, 5) is 39.2. The van der Waals surface area contributed by atoms with Gasteiger partial charge in [0.15, 0.2) is 17.3 Å². The number of ketones is 1. The Hall–Kier alpha value is -3.29. The number of rotatable bonds is 8. The van der Waals surface area contributed by atoms with Crippen molar-refractivity contribution < 1.29 is 28.6 Å². The molecule has 166 valence electrons. The number of ether oxygens (including phenoxy) is 3. The zero-order valence-corrected chi connectivity index (χ0v) is 18.5. The van der Waals surface area contributed by atoms with E-state index in [9.17, 15) is 14.4 Å². The molecule has 0 fully saturated rings. The van der Waals surface area contributed by atoms with E-state index in [1.807, 2.05) is 32.0 Å². The van der Waals surface area contributed by atoms with E-state index >= 15 is 0 Å². The highest BCUT2D eigenvalue weighted by Gasteiger charge is 2.32. The van der Waals surface area contributed by atoms with Gasteiger partial charge in [0.25, 0.3) is 0 Å². The monoisotopic (exact) mass is 428 g/mol. The first-order valence-corrected chi connectivity index (χ1v) is 10.1. The largest absolute Gasteiger partial charge is 0.488 e. The summed E-state index contributed by atoms with van der Waals surface area (Å²) in [5.74, 6) is 0.286. The van der Waals surface area contributed by atoms with E-state index in [2.05, 4.69) is 10.3 Å². The Kier molecular flexibility index (Phi) is 6.38. The maximum atomic E-state index is 12.4. The van der Waals surface area contributed by atoms with E-state index in [0.29, 0.717) is 22.7 Å². The maximum Gasteiger partial charge on any atom is 0.339 e. The number of H-pyrrole nitrogens is 1. The third kappa shape index (κ3) is 4.90. The van der Waals surface area contributed by atoms with Crippen molar-refractivity contribution in [1.82, 2.24) is 10.3 Å². The minimum absolute atomic E-state index is 0.0867. The van der Waals surface area contributed by atoms with Gasteiger partial charge in [-0.1, -0.05) is 12.1 Å². The summed E-state index contributed by atoms with van der Waals surface area (Å²) < 4.78 is 16.6. The van der Waals surface area contributed by atoms with Crippen LogP contribution in [-0.2, 0) is 22.4 Å². The summed E-state index contributed by atoms with van der Waals surface area (Å²) in [6.45, 7) is 7.64. The average Bonchev–Trinajstić information content (AvgIpc) is 3.19. The summed E-state index contributed by atoms with van der Waals surface area (Å²) in [6, 6.07) is 5.78. The van der Waals surface area contributed by atoms with Crippen LogP contribution in [0.1, 0.15) is 58.4 Å². The fraction of sp³-hybridized carbons (Fsp3) is 0.435. The number of Topliss-reactive ketones (excluding diaryl/α,β-unsaturated/α-hetero) is 1. The number of esters is 1. The number of hydrogen-bond donors (Lipinski definition) is 2. The van der Waals surface area contributed by atoms with Crippen molar-refractivity contribution in [3.8, 4) is 11.5 Å². The highest BCUT2D eigenvalue weighted by molar-refractivity contribution is 6.01. The topological polar surface area (TPSA) is 107 Å². The van der Waals surface area contributed by atoms with Gasteiger partial charge in [-0.3, -0.25) is 9.59 Å². The van der Waals surface area contributed by atoms with Crippen molar-refractivity contribution in [2.45, 2.75) is 46.1 Å². The lowest BCUT2D eigenvalue weighted by Crippen LogP contribution is -2.30. The van der Waals surface area contributed by atoms with Gasteiger partial charge < -0.3 is 24.5 Å². The van der Waals surface area contributed by atoms with Gasteiger partial charge in [-0.25, -0.2) is 4.79 Å². The van der Waals surface area contributed by atoms with Gasteiger partial charge in [-0.15, -0.1) is 0 Å². The molecule has 1 aliphatic rings. The zero-order chi connectivity index (χ0) is 22.8. The van der Waals surface area contributed by atoms with E-state index in [1.165, 1.54) is 14.0 Å². The van der Waals surface area contributed by atoms with Crippen LogP contribution in [0, 0.1) is 6.92 Å². The van der Waals surface area contributed by atoms with Crippen molar-refractivity contribution >= 4 is 17.7 Å². The quantitative estimate of drug-likeness (QED) is 0.380. The van der Waals surface area contributed by atoms with Crippen molar-refractivity contribution in [3.05, 3.63) is 46.3 Å². The molecule has 2 heterocycles. The Morgan fingerprint density at radius 1 is 1.26 bits per heavy atom. The second-order valence-electron chi connectivity index (χ2n) is 8.18. The van der Waals surface area contributed by atoms with Crippen LogP contribution in [0.15, 0.2) is 18.2 Å². The van der Waals surface area contributed by atoms with Crippen LogP contribution in [0.3, 0.4) is 0 Å². The van der Waals surface area contributed by atoms with Crippen LogP contribution in [-0.4, -0.2) is 48.5 Å². The second-order valence-corrected chi connectivity index (χ2v) is 8.18. The molecule has 8 heteroatoms. The Morgan fingerprint density at radius 2 is 2.00 bits per heavy atom. The molecule has 2 aromatic rings. The van der Waals surface area contributed by atoms with Gasteiger partial charge in [-0.2, -0.15) is 0 Å². The van der Waals surface area contributed by atoms with E-state index in [-0.39, 0.29) is 42.4 Å². The number of carbonyl (C=O) groups excluding carboxylic acids is 3. The number of para-hydroxylation sites is 1. The van der Waals surface area contributed by atoms with Crippen molar-refractivity contribution in [1.29, 1.82) is 0 Å². The standard InChI is InChI=1S/C23H28N2O6/c1-13-19(22(28)29-5)16(25-20(13)14(2)26)11-18(27)24-9-10-30-17-8-6-7-15-12-23(3,4)31-21(15)17/h6-8,25H,9-12H2,1-5H3,(H,24,27). The number of fused-ring (bicyclic) bond motifs is 1. The van der Waals surface area contributed by atoms with Crippen LogP contribution in [0.4, 0.5) is 0 Å². The lowest BCUT2D eigenvalue weighted by atomic mass is 10.0. The first-order chi connectivity index (χ1) is 14.6. The predicted octanol–water partition coefficient (Wildman–Crippen LogP) is 2.76. The van der Waals surface area contributed by atoms with E-state index in [0.717, 1.165) is 17.7 Å². The Morgan fingerprint density at radius 3 is 2.68 bits per heavy atom. The number of carbonyl (C=O) groups is 3. The van der Waals surface area contributed by atoms with Crippen LogP contribution >= 0.6 is 0 Å². The van der Waals surface area contributed by atoms with Gasteiger partial charge in [0.05, 0.1) is 31.3 Å². The third-order valence-electron chi connectivity index (χ3n) is 5.14. The Balaban J connectivity index is 1.58. The van der Waals surface area contributed by atoms with Gasteiger partial charge in [0.1, 0.15) is 12.2 Å². The van der Waals surface area contributed by atoms with E-state index in [4.69, 9.17) is 14.2 Å². The molecule has 8 nitrogen and oxygen atoms in total. The second kappa shape index (κ2) is 8.83. The number of benzene rings is 1. The molecule has 31 heavy (non-hydrogen) atoms. The zero-order valence-electron chi connectivity index (χ0n) is 18.5. The molecule has 0 saturated heterocycles. The van der Waals surface area contributed by atoms with Crippen LogP contribution in [0.5, 0.6) is 11.5 Å². The number of hydrogen-bond acceptors (Lipinski definition) is 6.